The number of aryl methyl sites for hydroxylation is 1. The first-order valence-corrected chi connectivity index (χ1v) is 9.84. The summed E-state index contributed by atoms with van der Waals surface area (Å²) in [5.41, 5.74) is 6.43. The molecule has 3 heterocycles. The van der Waals surface area contributed by atoms with Gasteiger partial charge < -0.3 is 15.2 Å². The zero-order valence-electron chi connectivity index (χ0n) is 16.2. The highest BCUT2D eigenvalue weighted by molar-refractivity contribution is 5.91. The van der Waals surface area contributed by atoms with Gasteiger partial charge in [0.25, 0.3) is 0 Å². The van der Waals surface area contributed by atoms with E-state index in [1.54, 1.807) is 6.20 Å². The van der Waals surface area contributed by atoms with Gasteiger partial charge in [-0.05, 0) is 48.7 Å². The monoisotopic (exact) mass is 382 g/mol. The summed E-state index contributed by atoms with van der Waals surface area (Å²) in [6.07, 6.45) is 4.42. The molecular formula is C24H22N4O. The fourth-order valence-electron chi connectivity index (χ4n) is 4.18. The van der Waals surface area contributed by atoms with Gasteiger partial charge in [0.2, 0.25) is 0 Å². The van der Waals surface area contributed by atoms with Gasteiger partial charge in [-0.2, -0.15) is 0 Å². The van der Waals surface area contributed by atoms with E-state index in [-0.39, 0.29) is 12.1 Å². The van der Waals surface area contributed by atoms with Gasteiger partial charge in [0.05, 0.1) is 0 Å². The minimum absolute atomic E-state index is 0.105. The molecule has 2 N–H and O–H groups in total. The molecule has 0 aliphatic carbocycles. The minimum Gasteiger partial charge on any atom is -0.356 e. The van der Waals surface area contributed by atoms with Gasteiger partial charge in [0.1, 0.15) is 6.04 Å². The molecule has 0 fully saturated rings. The summed E-state index contributed by atoms with van der Waals surface area (Å²) in [6, 6.07) is 19.8. The van der Waals surface area contributed by atoms with E-state index in [4.69, 9.17) is 0 Å². The number of pyridine rings is 1. The average molecular weight is 382 g/mol. The summed E-state index contributed by atoms with van der Waals surface area (Å²) in [6.45, 7) is 2.68. The molecule has 1 atom stereocenters. The Labute approximate surface area is 169 Å². The second-order valence-electron chi connectivity index (χ2n) is 7.49. The Hall–Kier alpha value is -3.60. The van der Waals surface area contributed by atoms with E-state index in [9.17, 15) is 4.79 Å². The lowest BCUT2D eigenvalue weighted by Crippen LogP contribution is -2.43. The first-order valence-electron chi connectivity index (χ1n) is 9.84. The van der Waals surface area contributed by atoms with Gasteiger partial charge in [-0.1, -0.05) is 42.0 Å². The number of nitrogens with zero attached hydrogens (tertiary/aromatic N) is 2. The van der Waals surface area contributed by atoms with Crippen LogP contribution < -0.4 is 5.32 Å². The van der Waals surface area contributed by atoms with E-state index >= 15 is 0 Å². The number of rotatable bonds is 2. The zero-order chi connectivity index (χ0) is 19.8. The number of anilines is 1. The fourth-order valence-corrected chi connectivity index (χ4v) is 4.18. The van der Waals surface area contributed by atoms with Gasteiger partial charge in [-0.25, -0.2) is 4.79 Å². The number of para-hydroxylation sites is 1. The highest BCUT2D eigenvalue weighted by Crippen LogP contribution is 2.38. The normalized spacial score (nSPS) is 15.9. The predicted octanol–water partition coefficient (Wildman–Crippen LogP) is 5.05. The van der Waals surface area contributed by atoms with Crippen molar-refractivity contribution in [3.63, 3.8) is 0 Å². The summed E-state index contributed by atoms with van der Waals surface area (Å²) < 4.78 is 0. The third-order valence-corrected chi connectivity index (χ3v) is 5.60. The summed E-state index contributed by atoms with van der Waals surface area (Å²) in [5.74, 6) is 0. The number of carbonyl (C=O) groups is 1. The number of benzene rings is 2. The van der Waals surface area contributed by atoms with Crippen LogP contribution in [0.15, 0.2) is 73.1 Å². The molecule has 4 aromatic rings. The fraction of sp³-hybridized carbons (Fsp3) is 0.167. The van der Waals surface area contributed by atoms with Crippen LogP contribution in [0.4, 0.5) is 10.5 Å². The molecule has 1 aliphatic heterocycles. The van der Waals surface area contributed by atoms with Gasteiger partial charge >= 0.3 is 6.03 Å². The molecule has 2 aromatic carbocycles. The molecule has 0 saturated heterocycles. The topological polar surface area (TPSA) is 61.0 Å². The summed E-state index contributed by atoms with van der Waals surface area (Å²) in [7, 11) is 0. The lowest BCUT2D eigenvalue weighted by molar-refractivity contribution is 0.193. The molecule has 29 heavy (non-hydrogen) atoms. The highest BCUT2D eigenvalue weighted by atomic mass is 16.2. The van der Waals surface area contributed by atoms with E-state index in [0.717, 1.165) is 34.4 Å². The Kier molecular flexibility index (Phi) is 4.28. The molecule has 5 rings (SSSR count). The first kappa shape index (κ1) is 17.5. The van der Waals surface area contributed by atoms with Crippen LogP contribution in [0.5, 0.6) is 0 Å². The van der Waals surface area contributed by atoms with Crippen molar-refractivity contribution in [2.24, 2.45) is 0 Å². The van der Waals surface area contributed by atoms with Crippen molar-refractivity contribution >= 4 is 22.6 Å². The van der Waals surface area contributed by atoms with Gasteiger partial charge in [-0.3, -0.25) is 4.98 Å². The molecule has 0 radical (unpaired) electrons. The maximum absolute atomic E-state index is 13.2. The van der Waals surface area contributed by atoms with Crippen molar-refractivity contribution in [1.29, 1.82) is 0 Å². The Bertz CT molecular complexity index is 1160. The Balaban J connectivity index is 1.56. The second kappa shape index (κ2) is 7.09. The van der Waals surface area contributed by atoms with Crippen molar-refractivity contribution in [2.75, 3.05) is 11.9 Å². The van der Waals surface area contributed by atoms with Crippen LogP contribution in [0, 0.1) is 6.92 Å². The van der Waals surface area contributed by atoms with Gasteiger partial charge in [-0.15, -0.1) is 0 Å². The van der Waals surface area contributed by atoms with Crippen LogP contribution in [0.1, 0.15) is 28.4 Å². The Morgan fingerprint density at radius 3 is 2.72 bits per heavy atom. The number of fused-ring (bicyclic) bond motifs is 3. The molecule has 0 bridgehead atoms. The molecule has 0 spiro atoms. The summed E-state index contributed by atoms with van der Waals surface area (Å²) >= 11 is 0. The zero-order valence-corrected chi connectivity index (χ0v) is 16.2. The number of hydrogen-bond donors (Lipinski definition) is 2. The Morgan fingerprint density at radius 2 is 1.93 bits per heavy atom. The molecule has 0 unspecified atom stereocenters. The molecule has 5 heteroatoms. The number of amides is 2. The van der Waals surface area contributed by atoms with Crippen LogP contribution >= 0.6 is 0 Å². The second-order valence-corrected chi connectivity index (χ2v) is 7.49. The van der Waals surface area contributed by atoms with Crippen molar-refractivity contribution in [3.8, 4) is 0 Å². The van der Waals surface area contributed by atoms with E-state index < -0.39 is 0 Å². The van der Waals surface area contributed by atoms with E-state index in [1.807, 2.05) is 60.5 Å². The number of hydrogen-bond acceptors (Lipinski definition) is 2. The van der Waals surface area contributed by atoms with E-state index in [2.05, 4.69) is 33.5 Å². The summed E-state index contributed by atoms with van der Waals surface area (Å²) in [5, 5.41) is 4.29. The SMILES string of the molecule is Cc1ccc(NC(=O)N2CCc3c([nH]c4ccccc34)[C@@H]2c2cccnc2)cc1. The maximum Gasteiger partial charge on any atom is 0.322 e. The van der Waals surface area contributed by atoms with Gasteiger partial charge in [0.15, 0.2) is 0 Å². The first-order chi connectivity index (χ1) is 14.2. The minimum atomic E-state index is -0.203. The predicted molar refractivity (Wildman–Crippen MR) is 115 cm³/mol. The average Bonchev–Trinajstić information content (AvgIpc) is 3.14. The van der Waals surface area contributed by atoms with Crippen molar-refractivity contribution in [2.45, 2.75) is 19.4 Å². The third kappa shape index (κ3) is 3.14. The highest BCUT2D eigenvalue weighted by Gasteiger charge is 2.34. The summed E-state index contributed by atoms with van der Waals surface area (Å²) in [4.78, 5) is 23.0. The number of urea groups is 1. The lowest BCUT2D eigenvalue weighted by Gasteiger charge is -2.36. The number of aromatic amines is 1. The number of carbonyl (C=O) groups excluding carboxylic acids is 1. The number of H-pyrrole nitrogens is 1. The number of nitrogens with one attached hydrogen (secondary N) is 2. The van der Waals surface area contributed by atoms with Crippen molar-refractivity contribution < 1.29 is 4.79 Å². The lowest BCUT2D eigenvalue weighted by atomic mass is 9.93. The van der Waals surface area contributed by atoms with E-state index in [1.165, 1.54) is 10.9 Å². The van der Waals surface area contributed by atoms with Crippen LogP contribution in [-0.4, -0.2) is 27.4 Å². The molecule has 2 aromatic heterocycles. The van der Waals surface area contributed by atoms with Crippen molar-refractivity contribution in [1.82, 2.24) is 14.9 Å². The van der Waals surface area contributed by atoms with Crippen molar-refractivity contribution in [3.05, 3.63) is 95.4 Å². The van der Waals surface area contributed by atoms with E-state index in [0.29, 0.717) is 6.54 Å². The maximum atomic E-state index is 13.2. The van der Waals surface area contributed by atoms with Gasteiger partial charge in [0, 0.05) is 41.2 Å². The van der Waals surface area contributed by atoms with Crippen LogP contribution in [0.3, 0.4) is 0 Å². The molecule has 0 saturated carbocycles. The molecule has 2 amide bonds. The molecule has 1 aliphatic rings. The smallest absolute Gasteiger partial charge is 0.322 e. The molecular weight excluding hydrogens is 360 g/mol. The van der Waals surface area contributed by atoms with Crippen LogP contribution in [0.25, 0.3) is 10.9 Å². The van der Waals surface area contributed by atoms with Crippen LogP contribution in [0.2, 0.25) is 0 Å². The largest absolute Gasteiger partial charge is 0.356 e. The Morgan fingerprint density at radius 1 is 1.10 bits per heavy atom. The molecule has 144 valence electrons. The third-order valence-electron chi connectivity index (χ3n) is 5.60. The number of aromatic nitrogens is 2. The quantitative estimate of drug-likeness (QED) is 0.510. The van der Waals surface area contributed by atoms with Crippen LogP contribution in [-0.2, 0) is 6.42 Å². The molecule has 5 nitrogen and oxygen atoms in total. The standard InChI is InChI=1S/C24H22N4O/c1-16-8-10-18(11-9-16)26-24(29)28-14-12-20-19-6-2-3-7-21(19)27-22(20)23(28)17-5-4-13-25-15-17/h2-11,13,15,23,27H,12,14H2,1H3,(H,26,29)/t23-/m0/s1.